The van der Waals surface area contributed by atoms with Crippen molar-refractivity contribution < 1.29 is 22.6 Å². The summed E-state index contributed by atoms with van der Waals surface area (Å²) in [4.78, 5) is 24.6. The average Bonchev–Trinajstić information content (AvgIpc) is 2.63. The Labute approximate surface area is 157 Å². The molecule has 0 heterocycles. The Morgan fingerprint density at radius 3 is 2.19 bits per heavy atom. The number of anilines is 1. The third kappa shape index (κ3) is 6.39. The van der Waals surface area contributed by atoms with Gasteiger partial charge in [-0.3, -0.25) is 18.9 Å². The highest BCUT2D eigenvalue weighted by Crippen LogP contribution is 2.16. The van der Waals surface area contributed by atoms with Crippen LogP contribution in [-0.2, 0) is 26.3 Å². The molecule has 0 unspecified atom stereocenters. The van der Waals surface area contributed by atoms with Gasteiger partial charge in [0.15, 0.2) is 0 Å². The van der Waals surface area contributed by atoms with Gasteiger partial charge >= 0.3 is 10.3 Å². The van der Waals surface area contributed by atoms with Crippen LogP contribution < -0.4 is 15.4 Å². The molecule has 2 amide bonds. The van der Waals surface area contributed by atoms with Gasteiger partial charge in [0, 0.05) is 13.6 Å². The molecule has 0 aliphatic rings. The molecule has 144 valence electrons. The summed E-state index contributed by atoms with van der Waals surface area (Å²) in [5, 5.41) is 5.25. The van der Waals surface area contributed by atoms with Gasteiger partial charge < -0.3 is 10.6 Å². The van der Waals surface area contributed by atoms with Crippen molar-refractivity contribution >= 4 is 27.8 Å². The van der Waals surface area contributed by atoms with E-state index in [-0.39, 0.29) is 11.6 Å². The Kier molecular flexibility index (Phi) is 6.91. The lowest BCUT2D eigenvalue weighted by Gasteiger charge is -2.16. The molecule has 0 saturated carbocycles. The van der Waals surface area contributed by atoms with E-state index in [1.54, 1.807) is 36.4 Å². The summed E-state index contributed by atoms with van der Waals surface area (Å²) in [5.74, 6) is -1.72. The highest BCUT2D eigenvalue weighted by atomic mass is 32.2. The lowest BCUT2D eigenvalue weighted by atomic mass is 9.97. The zero-order valence-corrected chi connectivity index (χ0v) is 15.5. The smallest absolute Gasteiger partial charge is 0.357 e. The van der Waals surface area contributed by atoms with Crippen LogP contribution in [0, 0.1) is 0 Å². The Balaban J connectivity index is 1.95. The first-order chi connectivity index (χ1) is 12.8. The van der Waals surface area contributed by atoms with Gasteiger partial charge in [-0.05, 0) is 29.7 Å². The van der Waals surface area contributed by atoms with Crippen LogP contribution in [0.3, 0.4) is 0 Å². The Hall–Kier alpha value is -2.91. The molecule has 27 heavy (non-hydrogen) atoms. The minimum absolute atomic E-state index is 0.231. The second-order valence-electron chi connectivity index (χ2n) is 5.77. The van der Waals surface area contributed by atoms with Crippen molar-refractivity contribution in [2.45, 2.75) is 12.3 Å². The number of hydrogen-bond acceptors (Lipinski definition) is 4. The molecule has 0 fully saturated rings. The molecule has 0 aromatic heterocycles. The van der Waals surface area contributed by atoms with E-state index < -0.39 is 22.1 Å². The highest BCUT2D eigenvalue weighted by molar-refractivity contribution is 7.87. The quantitative estimate of drug-likeness (QED) is 0.396. The summed E-state index contributed by atoms with van der Waals surface area (Å²) in [6.07, 6.45) is 0.493. The largest absolute Gasteiger partial charge is 0.358 e. The van der Waals surface area contributed by atoms with Crippen LogP contribution in [0.4, 0.5) is 5.69 Å². The van der Waals surface area contributed by atoms with E-state index in [1.807, 2.05) is 10.8 Å². The first-order valence-electron chi connectivity index (χ1n) is 8.18. The number of likely N-dealkylation sites (N-methyl/N-ethyl adjacent to an activating group) is 1. The SMILES string of the molecule is CNC(=O)[C@@H](C(=O)NCCc1ccc(NS(=O)(=O)O)cc1)c1ccccc1. The number of nitrogens with one attached hydrogen (secondary N) is 3. The Morgan fingerprint density at radius 2 is 1.63 bits per heavy atom. The second-order valence-corrected chi connectivity index (χ2v) is 6.93. The third-order valence-electron chi connectivity index (χ3n) is 3.82. The van der Waals surface area contributed by atoms with E-state index in [1.165, 1.54) is 19.2 Å². The van der Waals surface area contributed by atoms with E-state index >= 15 is 0 Å². The van der Waals surface area contributed by atoms with E-state index in [4.69, 9.17) is 4.55 Å². The van der Waals surface area contributed by atoms with Gasteiger partial charge in [-0.15, -0.1) is 0 Å². The van der Waals surface area contributed by atoms with Gasteiger partial charge in [0.2, 0.25) is 11.8 Å². The molecule has 9 heteroatoms. The van der Waals surface area contributed by atoms with Crippen LogP contribution in [0.25, 0.3) is 0 Å². The third-order valence-corrected chi connectivity index (χ3v) is 4.31. The second kappa shape index (κ2) is 9.15. The molecule has 0 aliphatic carbocycles. The van der Waals surface area contributed by atoms with Gasteiger partial charge in [-0.25, -0.2) is 0 Å². The van der Waals surface area contributed by atoms with Gasteiger partial charge in [-0.2, -0.15) is 8.42 Å². The van der Waals surface area contributed by atoms with Crippen LogP contribution in [0.2, 0.25) is 0 Å². The van der Waals surface area contributed by atoms with Crippen LogP contribution in [0.15, 0.2) is 54.6 Å². The van der Waals surface area contributed by atoms with Crippen LogP contribution in [0.5, 0.6) is 0 Å². The monoisotopic (exact) mass is 391 g/mol. The summed E-state index contributed by atoms with van der Waals surface area (Å²) >= 11 is 0. The molecule has 1 atom stereocenters. The van der Waals surface area contributed by atoms with E-state index in [9.17, 15) is 18.0 Å². The number of benzene rings is 2. The van der Waals surface area contributed by atoms with Gasteiger partial charge in [0.05, 0.1) is 5.69 Å². The van der Waals surface area contributed by atoms with Gasteiger partial charge in [-0.1, -0.05) is 42.5 Å². The minimum atomic E-state index is -4.31. The first-order valence-corrected chi connectivity index (χ1v) is 9.62. The van der Waals surface area contributed by atoms with Crippen LogP contribution in [-0.4, -0.2) is 38.4 Å². The van der Waals surface area contributed by atoms with E-state index in [0.29, 0.717) is 18.5 Å². The number of rotatable bonds is 8. The van der Waals surface area contributed by atoms with E-state index in [2.05, 4.69) is 10.6 Å². The molecule has 0 radical (unpaired) electrons. The lowest BCUT2D eigenvalue weighted by molar-refractivity contribution is -0.131. The molecular formula is C18H21N3O5S. The first kappa shape index (κ1) is 20.4. The zero-order valence-electron chi connectivity index (χ0n) is 14.7. The minimum Gasteiger partial charge on any atom is -0.358 e. The van der Waals surface area contributed by atoms with E-state index in [0.717, 1.165) is 5.56 Å². The summed E-state index contributed by atoms with van der Waals surface area (Å²) in [6, 6.07) is 15.1. The van der Waals surface area contributed by atoms with Crippen molar-refractivity contribution in [2.24, 2.45) is 0 Å². The molecule has 2 aromatic rings. The van der Waals surface area contributed by atoms with Crippen molar-refractivity contribution in [3.05, 3.63) is 65.7 Å². The lowest BCUT2D eigenvalue weighted by Crippen LogP contribution is -2.39. The van der Waals surface area contributed by atoms with Crippen LogP contribution in [0.1, 0.15) is 17.0 Å². The fraction of sp³-hybridized carbons (Fsp3) is 0.222. The molecule has 2 aromatic carbocycles. The standard InChI is InChI=1S/C18H21N3O5S/c1-19-17(22)16(14-5-3-2-4-6-14)18(23)20-12-11-13-7-9-15(10-8-13)21-27(24,25)26/h2-10,16,21H,11-12H2,1H3,(H,19,22)(H,20,23)(H,24,25,26)/t16-/m0/s1. The molecule has 8 nitrogen and oxygen atoms in total. The molecule has 0 saturated heterocycles. The van der Waals surface area contributed by atoms with Crippen molar-refractivity contribution in [2.75, 3.05) is 18.3 Å². The molecule has 2 rings (SSSR count). The Bertz CT molecular complexity index is 883. The summed E-state index contributed by atoms with van der Waals surface area (Å²) in [5.41, 5.74) is 1.69. The van der Waals surface area contributed by atoms with Gasteiger partial charge in [0.1, 0.15) is 5.92 Å². The van der Waals surface area contributed by atoms with Crippen molar-refractivity contribution in [1.82, 2.24) is 10.6 Å². The van der Waals surface area contributed by atoms with Gasteiger partial charge in [0.25, 0.3) is 0 Å². The Morgan fingerprint density at radius 1 is 1.00 bits per heavy atom. The van der Waals surface area contributed by atoms with Crippen molar-refractivity contribution in [1.29, 1.82) is 0 Å². The summed E-state index contributed by atoms with van der Waals surface area (Å²) in [6.45, 7) is 0.310. The van der Waals surface area contributed by atoms with Crippen molar-refractivity contribution in [3.63, 3.8) is 0 Å². The number of carbonyl (C=O) groups excluding carboxylic acids is 2. The maximum atomic E-state index is 12.5. The number of hydrogen-bond donors (Lipinski definition) is 4. The maximum absolute atomic E-state index is 12.5. The predicted molar refractivity (Wildman–Crippen MR) is 102 cm³/mol. The summed E-state index contributed by atoms with van der Waals surface area (Å²) in [7, 11) is -2.83. The molecule has 0 aliphatic heterocycles. The topological polar surface area (TPSA) is 125 Å². The molecular weight excluding hydrogens is 370 g/mol. The molecule has 0 bridgehead atoms. The summed E-state index contributed by atoms with van der Waals surface area (Å²) < 4.78 is 32.2. The predicted octanol–water partition coefficient (Wildman–Crippen LogP) is 1.09. The molecule has 4 N–H and O–H groups in total. The number of carbonyl (C=O) groups is 2. The normalized spacial score (nSPS) is 12.1. The average molecular weight is 391 g/mol. The maximum Gasteiger partial charge on any atom is 0.357 e. The fourth-order valence-corrected chi connectivity index (χ4v) is 2.97. The zero-order chi connectivity index (χ0) is 19.9. The number of amides is 2. The fourth-order valence-electron chi connectivity index (χ4n) is 2.53. The van der Waals surface area contributed by atoms with Crippen LogP contribution >= 0.6 is 0 Å². The van der Waals surface area contributed by atoms with Crippen molar-refractivity contribution in [3.8, 4) is 0 Å². The molecule has 0 spiro atoms. The highest BCUT2D eigenvalue weighted by Gasteiger charge is 2.27.